The first-order valence-electron chi connectivity index (χ1n) is 12.1. The fraction of sp³-hybridized carbons (Fsp3) is 0.667. The molecule has 1 saturated heterocycles. The number of piperidine rings is 1. The molecule has 1 aliphatic heterocycles. The molecule has 34 heavy (non-hydrogen) atoms. The van der Waals surface area contributed by atoms with Crippen LogP contribution in [0, 0.1) is 17.8 Å². The van der Waals surface area contributed by atoms with Gasteiger partial charge >= 0.3 is 6.36 Å². The summed E-state index contributed by atoms with van der Waals surface area (Å²) in [5, 5.41) is 14.1. The summed E-state index contributed by atoms with van der Waals surface area (Å²) in [6.45, 7) is 6.56. The molecule has 186 valence electrons. The highest BCUT2D eigenvalue weighted by molar-refractivity contribution is 5.64. The smallest absolute Gasteiger partial charge is 0.402 e. The maximum atomic E-state index is 12.7. The molecule has 3 heterocycles. The van der Waals surface area contributed by atoms with Crippen LogP contribution in [0.1, 0.15) is 57.2 Å². The molecule has 2 unspecified atom stereocenters. The molecule has 2 aromatic rings. The van der Waals surface area contributed by atoms with Crippen molar-refractivity contribution in [2.24, 2.45) is 17.8 Å². The fourth-order valence-corrected chi connectivity index (χ4v) is 6.06. The van der Waals surface area contributed by atoms with Gasteiger partial charge < -0.3 is 20.5 Å². The molecule has 0 radical (unpaired) electrons. The van der Waals surface area contributed by atoms with Crippen molar-refractivity contribution in [2.45, 2.75) is 63.9 Å². The normalized spacial score (nSPS) is 27.9. The Kier molecular flexibility index (Phi) is 6.00. The summed E-state index contributed by atoms with van der Waals surface area (Å²) < 4.78 is 44.3. The maximum Gasteiger partial charge on any atom is 0.573 e. The predicted molar refractivity (Wildman–Crippen MR) is 121 cm³/mol. The van der Waals surface area contributed by atoms with Gasteiger partial charge in [-0.1, -0.05) is 0 Å². The zero-order valence-corrected chi connectivity index (χ0v) is 19.5. The van der Waals surface area contributed by atoms with E-state index in [0.29, 0.717) is 47.6 Å². The lowest BCUT2D eigenvalue weighted by Crippen LogP contribution is -2.41. The Hall–Kier alpha value is -2.33. The number of aliphatic hydroxyl groups is 1. The highest BCUT2D eigenvalue weighted by Crippen LogP contribution is 2.64. The van der Waals surface area contributed by atoms with E-state index < -0.39 is 12.1 Å². The zero-order chi connectivity index (χ0) is 24.2. The molecular formula is C24H32F3N5O2. The van der Waals surface area contributed by atoms with Gasteiger partial charge in [0, 0.05) is 42.1 Å². The fourth-order valence-electron chi connectivity index (χ4n) is 6.06. The summed E-state index contributed by atoms with van der Waals surface area (Å²) in [4.78, 5) is 6.50. The second kappa shape index (κ2) is 8.71. The van der Waals surface area contributed by atoms with Crippen molar-refractivity contribution in [3.8, 4) is 17.0 Å². The minimum Gasteiger partial charge on any atom is -0.402 e. The molecule has 0 spiro atoms. The lowest BCUT2D eigenvalue weighted by molar-refractivity contribution is -0.274. The number of likely N-dealkylation sites (tertiary alicyclic amines) is 1. The molecule has 5 rings (SSSR count). The van der Waals surface area contributed by atoms with E-state index >= 15 is 0 Å². The number of hydrogen-bond donors (Lipinski definition) is 2. The number of fused-ring (bicyclic) bond motifs is 1. The number of ether oxygens (including phenoxy) is 1. The summed E-state index contributed by atoms with van der Waals surface area (Å²) in [7, 11) is 0. The number of hydrogen-bond acceptors (Lipinski definition) is 6. The van der Waals surface area contributed by atoms with Crippen LogP contribution in [0.5, 0.6) is 5.75 Å². The van der Waals surface area contributed by atoms with Crippen LogP contribution in [0.2, 0.25) is 0 Å². The Bertz CT molecular complexity index is 1020. The zero-order valence-electron chi connectivity index (χ0n) is 19.5. The Morgan fingerprint density at radius 1 is 1.18 bits per heavy atom. The molecule has 0 bridgehead atoms. The molecule has 10 heteroatoms. The van der Waals surface area contributed by atoms with E-state index in [2.05, 4.69) is 28.5 Å². The van der Waals surface area contributed by atoms with Crippen LogP contribution in [0.4, 0.5) is 19.0 Å². The van der Waals surface area contributed by atoms with Crippen LogP contribution in [-0.2, 0) is 0 Å². The molecule has 2 aliphatic carbocycles. The van der Waals surface area contributed by atoms with Crippen LogP contribution >= 0.6 is 0 Å². The summed E-state index contributed by atoms with van der Waals surface area (Å²) in [6.07, 6.45) is 1.09. The van der Waals surface area contributed by atoms with Gasteiger partial charge in [-0.05, 0) is 82.5 Å². The number of pyridine rings is 1. The first-order valence-corrected chi connectivity index (χ1v) is 12.1. The highest BCUT2D eigenvalue weighted by Gasteiger charge is 2.58. The average molecular weight is 480 g/mol. The van der Waals surface area contributed by atoms with E-state index in [-0.39, 0.29) is 11.9 Å². The monoisotopic (exact) mass is 479 g/mol. The van der Waals surface area contributed by atoms with Gasteiger partial charge in [-0.15, -0.1) is 13.2 Å². The van der Waals surface area contributed by atoms with Crippen LogP contribution in [0.25, 0.3) is 11.3 Å². The minimum absolute atomic E-state index is 0.131. The quantitative estimate of drug-likeness (QED) is 0.646. The Labute approximate surface area is 197 Å². The highest BCUT2D eigenvalue weighted by atomic mass is 19.4. The van der Waals surface area contributed by atoms with Gasteiger partial charge in [0.25, 0.3) is 0 Å². The largest absolute Gasteiger partial charge is 0.573 e. The van der Waals surface area contributed by atoms with Crippen molar-refractivity contribution in [3.05, 3.63) is 24.0 Å². The van der Waals surface area contributed by atoms with E-state index in [0.717, 1.165) is 31.6 Å². The van der Waals surface area contributed by atoms with Crippen molar-refractivity contribution in [3.63, 3.8) is 0 Å². The molecule has 7 nitrogen and oxygen atoms in total. The molecule has 3 N–H and O–H groups in total. The molecule has 0 aromatic carbocycles. The number of nitrogen functional groups attached to an aromatic ring is 1. The van der Waals surface area contributed by atoms with Crippen molar-refractivity contribution in [2.75, 3.05) is 25.4 Å². The van der Waals surface area contributed by atoms with Crippen LogP contribution < -0.4 is 10.5 Å². The number of rotatable bonds is 6. The van der Waals surface area contributed by atoms with Gasteiger partial charge in [-0.3, -0.25) is 4.68 Å². The van der Waals surface area contributed by atoms with Crippen molar-refractivity contribution >= 4 is 5.82 Å². The van der Waals surface area contributed by atoms with Crippen LogP contribution in [0.15, 0.2) is 18.3 Å². The van der Waals surface area contributed by atoms with Gasteiger partial charge in [-0.2, -0.15) is 5.10 Å². The molecule has 4 atom stereocenters. The number of nitrogens with two attached hydrogens (primary N) is 1. The van der Waals surface area contributed by atoms with Gasteiger partial charge in [0.2, 0.25) is 0 Å². The first-order chi connectivity index (χ1) is 16.1. The lowest BCUT2D eigenvalue weighted by atomic mass is 9.94. The maximum absolute atomic E-state index is 12.7. The van der Waals surface area contributed by atoms with Crippen molar-refractivity contribution in [1.29, 1.82) is 0 Å². The standard InChI is InChI=1S/C24H32F3N5O2/c1-13(2)32-20(10-19(30-32)15-7-21(23(28)29-11-15)34-24(25,26)27)22-17-8-16(9-18(17)22)31-5-3-14(12-33)4-6-31/h7,10-11,13-14,16-18,22,33H,3-6,8-9,12H2,1-2H3,(H2,28,29)/t16?,17-,18+,22?. The van der Waals surface area contributed by atoms with Gasteiger partial charge in [0.1, 0.15) is 0 Å². The minimum atomic E-state index is -4.84. The Morgan fingerprint density at radius 3 is 2.44 bits per heavy atom. The van der Waals surface area contributed by atoms with E-state index in [1.165, 1.54) is 25.1 Å². The average Bonchev–Trinajstić information content (AvgIpc) is 3.14. The number of anilines is 1. The number of alkyl halides is 3. The topological polar surface area (TPSA) is 89.4 Å². The molecular weight excluding hydrogens is 447 g/mol. The summed E-state index contributed by atoms with van der Waals surface area (Å²) in [5.74, 6) is 1.30. The van der Waals surface area contributed by atoms with E-state index in [4.69, 9.17) is 10.8 Å². The van der Waals surface area contributed by atoms with Crippen molar-refractivity contribution in [1.82, 2.24) is 19.7 Å². The Balaban J connectivity index is 1.32. The second-order valence-electron chi connectivity index (χ2n) is 10.3. The van der Waals surface area contributed by atoms with E-state index in [9.17, 15) is 18.3 Å². The van der Waals surface area contributed by atoms with Gasteiger partial charge in [-0.25, -0.2) is 4.98 Å². The summed E-state index contributed by atoms with van der Waals surface area (Å²) in [5.41, 5.74) is 7.76. The first kappa shape index (κ1) is 23.4. The lowest BCUT2D eigenvalue weighted by Gasteiger charge is -2.36. The second-order valence-corrected chi connectivity index (χ2v) is 10.3. The third-order valence-corrected chi connectivity index (χ3v) is 7.84. The van der Waals surface area contributed by atoms with E-state index in [1.54, 1.807) is 0 Å². The third-order valence-electron chi connectivity index (χ3n) is 7.84. The Morgan fingerprint density at radius 2 is 1.85 bits per heavy atom. The van der Waals surface area contributed by atoms with Crippen LogP contribution in [0.3, 0.4) is 0 Å². The van der Waals surface area contributed by atoms with E-state index in [1.807, 2.05) is 10.7 Å². The summed E-state index contributed by atoms with van der Waals surface area (Å²) >= 11 is 0. The SMILES string of the molecule is CC(C)n1nc(-c2cnc(N)c(OC(F)(F)F)c2)cc1C1[C@H]2CC(N3CCC(CO)CC3)C[C@@H]12. The third kappa shape index (κ3) is 4.49. The van der Waals surface area contributed by atoms with Crippen molar-refractivity contribution < 1.29 is 23.0 Å². The molecule has 2 aromatic heterocycles. The molecule has 3 aliphatic rings. The number of nitrogens with zero attached hydrogens (tertiary/aromatic N) is 4. The molecule has 0 amide bonds. The van der Waals surface area contributed by atoms with Gasteiger partial charge in [0.05, 0.1) is 5.69 Å². The number of aromatic nitrogens is 3. The molecule has 2 saturated carbocycles. The summed E-state index contributed by atoms with van der Waals surface area (Å²) in [6, 6.07) is 4.00. The molecule has 3 fully saturated rings. The number of halogens is 3. The van der Waals surface area contributed by atoms with Crippen LogP contribution in [-0.4, -0.2) is 56.9 Å². The number of aliphatic hydroxyl groups excluding tert-OH is 1. The van der Waals surface area contributed by atoms with Gasteiger partial charge in [0.15, 0.2) is 11.6 Å². The predicted octanol–water partition coefficient (Wildman–Crippen LogP) is 4.20.